The number of amides is 1. The highest BCUT2D eigenvalue weighted by atomic mass is 79.9. The zero-order valence-electron chi connectivity index (χ0n) is 13.2. The van der Waals surface area contributed by atoms with Crippen molar-refractivity contribution in [3.63, 3.8) is 0 Å². The van der Waals surface area contributed by atoms with E-state index in [-0.39, 0.29) is 11.9 Å². The van der Waals surface area contributed by atoms with Crippen molar-refractivity contribution in [2.45, 2.75) is 25.8 Å². The molecule has 3 rings (SSSR count). The molecule has 1 aromatic carbocycles. The Morgan fingerprint density at radius 2 is 1.96 bits per heavy atom. The van der Waals surface area contributed by atoms with Crippen LogP contribution in [0.25, 0.3) is 5.69 Å². The van der Waals surface area contributed by atoms with E-state index in [0.29, 0.717) is 11.5 Å². The first kappa shape index (κ1) is 16.2. The molecule has 1 atom stereocenters. The molecule has 2 heterocycles. The number of carbonyl (C=O) groups is 1. The van der Waals surface area contributed by atoms with Gasteiger partial charge in [0.25, 0.3) is 5.91 Å². The van der Waals surface area contributed by atoms with E-state index in [1.807, 2.05) is 36.1 Å². The van der Waals surface area contributed by atoms with Crippen LogP contribution in [-0.4, -0.2) is 39.7 Å². The number of carbonyl (C=O) groups excluding carboxylic acids is 1. The van der Waals surface area contributed by atoms with E-state index in [1.165, 1.54) is 0 Å². The van der Waals surface area contributed by atoms with Gasteiger partial charge in [0, 0.05) is 29.8 Å². The van der Waals surface area contributed by atoms with Gasteiger partial charge in [0.2, 0.25) is 0 Å². The molecule has 122 valence electrons. The first-order valence-electron chi connectivity index (χ1n) is 7.90. The van der Waals surface area contributed by atoms with Crippen LogP contribution in [0.4, 0.5) is 0 Å². The summed E-state index contributed by atoms with van der Waals surface area (Å²) < 4.78 is 2.75. The SMILES string of the molecule is CC(N)C1CCN(C(=O)c2cnn(-c3ccc(Br)cc3)c2)CC1. The Bertz CT molecular complexity index is 672. The van der Waals surface area contributed by atoms with E-state index in [0.717, 1.165) is 36.1 Å². The van der Waals surface area contributed by atoms with Crippen molar-refractivity contribution >= 4 is 21.8 Å². The Labute approximate surface area is 144 Å². The van der Waals surface area contributed by atoms with Gasteiger partial charge in [0.05, 0.1) is 17.4 Å². The number of nitrogens with zero attached hydrogens (tertiary/aromatic N) is 3. The van der Waals surface area contributed by atoms with Gasteiger partial charge >= 0.3 is 0 Å². The smallest absolute Gasteiger partial charge is 0.257 e. The molecule has 6 heteroatoms. The molecule has 1 aliphatic heterocycles. The number of hydrogen-bond acceptors (Lipinski definition) is 3. The topological polar surface area (TPSA) is 64.2 Å². The van der Waals surface area contributed by atoms with Crippen LogP contribution in [0.5, 0.6) is 0 Å². The van der Waals surface area contributed by atoms with Gasteiger partial charge in [-0.25, -0.2) is 4.68 Å². The van der Waals surface area contributed by atoms with Crippen molar-refractivity contribution < 1.29 is 4.79 Å². The van der Waals surface area contributed by atoms with Crippen molar-refractivity contribution in [1.82, 2.24) is 14.7 Å². The number of aromatic nitrogens is 2. The molecule has 5 nitrogen and oxygen atoms in total. The summed E-state index contributed by atoms with van der Waals surface area (Å²) in [5.74, 6) is 0.570. The summed E-state index contributed by atoms with van der Waals surface area (Å²) >= 11 is 3.41. The maximum absolute atomic E-state index is 12.6. The van der Waals surface area contributed by atoms with Crippen molar-refractivity contribution in [3.8, 4) is 5.69 Å². The summed E-state index contributed by atoms with van der Waals surface area (Å²) in [6.07, 6.45) is 5.39. The molecule has 1 fully saturated rings. The third kappa shape index (κ3) is 3.64. The summed E-state index contributed by atoms with van der Waals surface area (Å²) in [7, 11) is 0. The number of benzene rings is 1. The lowest BCUT2D eigenvalue weighted by molar-refractivity contribution is 0.0681. The van der Waals surface area contributed by atoms with Gasteiger partial charge in [-0.2, -0.15) is 5.10 Å². The first-order chi connectivity index (χ1) is 11.0. The number of rotatable bonds is 3. The lowest BCUT2D eigenvalue weighted by atomic mass is 9.91. The zero-order chi connectivity index (χ0) is 16.4. The van der Waals surface area contributed by atoms with E-state index in [4.69, 9.17) is 5.73 Å². The van der Waals surface area contributed by atoms with Gasteiger partial charge in [0.1, 0.15) is 0 Å². The third-order valence-corrected chi connectivity index (χ3v) is 5.02. The van der Waals surface area contributed by atoms with Crippen LogP contribution in [0.3, 0.4) is 0 Å². The number of likely N-dealkylation sites (tertiary alicyclic amines) is 1. The van der Waals surface area contributed by atoms with Crippen LogP contribution < -0.4 is 5.73 Å². The summed E-state index contributed by atoms with van der Waals surface area (Å²) in [5.41, 5.74) is 7.52. The van der Waals surface area contributed by atoms with E-state index < -0.39 is 0 Å². The largest absolute Gasteiger partial charge is 0.339 e. The fraction of sp³-hybridized carbons (Fsp3) is 0.412. The number of nitrogens with two attached hydrogens (primary N) is 1. The highest BCUT2D eigenvalue weighted by Gasteiger charge is 2.26. The minimum absolute atomic E-state index is 0.0523. The number of piperidine rings is 1. The Morgan fingerprint density at radius 1 is 1.30 bits per heavy atom. The fourth-order valence-corrected chi connectivity index (χ4v) is 3.24. The van der Waals surface area contributed by atoms with Gasteiger partial charge in [-0.05, 0) is 49.9 Å². The van der Waals surface area contributed by atoms with Crippen molar-refractivity contribution in [3.05, 3.63) is 46.7 Å². The third-order valence-electron chi connectivity index (χ3n) is 4.49. The normalized spacial score (nSPS) is 17.3. The van der Waals surface area contributed by atoms with Gasteiger partial charge < -0.3 is 10.6 Å². The average molecular weight is 377 g/mol. The molecule has 0 spiro atoms. The summed E-state index contributed by atoms with van der Waals surface area (Å²) in [6, 6.07) is 8.03. The van der Waals surface area contributed by atoms with Crippen LogP contribution in [-0.2, 0) is 0 Å². The molecule has 1 amide bonds. The molecule has 1 saturated heterocycles. The minimum atomic E-state index is 0.0523. The zero-order valence-corrected chi connectivity index (χ0v) is 14.7. The van der Waals surface area contributed by atoms with E-state index >= 15 is 0 Å². The predicted octanol–water partition coefficient (Wildman–Crippen LogP) is 2.83. The standard InChI is InChI=1S/C17H21BrN4O/c1-12(19)13-6-8-21(9-7-13)17(23)14-10-20-22(11-14)16-4-2-15(18)3-5-16/h2-5,10-13H,6-9,19H2,1H3. The van der Waals surface area contributed by atoms with Crippen LogP contribution in [0, 0.1) is 5.92 Å². The molecule has 1 aromatic heterocycles. The molecule has 0 saturated carbocycles. The molecule has 1 unspecified atom stereocenters. The van der Waals surface area contributed by atoms with Crippen LogP contribution in [0.2, 0.25) is 0 Å². The lowest BCUT2D eigenvalue weighted by Gasteiger charge is -2.33. The molecule has 0 bridgehead atoms. The monoisotopic (exact) mass is 376 g/mol. The van der Waals surface area contributed by atoms with Crippen molar-refractivity contribution in [2.75, 3.05) is 13.1 Å². The second-order valence-corrected chi connectivity index (χ2v) is 7.05. The number of hydrogen-bond donors (Lipinski definition) is 1. The highest BCUT2D eigenvalue weighted by molar-refractivity contribution is 9.10. The highest BCUT2D eigenvalue weighted by Crippen LogP contribution is 2.21. The molecule has 2 N–H and O–H groups in total. The molecule has 0 aliphatic carbocycles. The number of halogens is 1. The van der Waals surface area contributed by atoms with E-state index in [1.54, 1.807) is 17.1 Å². The lowest BCUT2D eigenvalue weighted by Crippen LogP contribution is -2.42. The van der Waals surface area contributed by atoms with E-state index in [9.17, 15) is 4.79 Å². The fourth-order valence-electron chi connectivity index (χ4n) is 2.98. The molecule has 23 heavy (non-hydrogen) atoms. The minimum Gasteiger partial charge on any atom is -0.339 e. The summed E-state index contributed by atoms with van der Waals surface area (Å²) in [5, 5.41) is 4.31. The summed E-state index contributed by atoms with van der Waals surface area (Å²) in [6.45, 7) is 3.59. The van der Waals surface area contributed by atoms with Gasteiger partial charge in [-0.3, -0.25) is 4.79 Å². The molecular weight excluding hydrogens is 356 g/mol. The van der Waals surface area contributed by atoms with Gasteiger partial charge in [-0.15, -0.1) is 0 Å². The maximum Gasteiger partial charge on any atom is 0.257 e. The van der Waals surface area contributed by atoms with Gasteiger partial charge in [-0.1, -0.05) is 15.9 Å². The Kier molecular flexibility index (Phi) is 4.82. The van der Waals surface area contributed by atoms with E-state index in [2.05, 4.69) is 21.0 Å². The second-order valence-electron chi connectivity index (χ2n) is 6.14. The van der Waals surface area contributed by atoms with Gasteiger partial charge in [0.15, 0.2) is 0 Å². The molecular formula is C17H21BrN4O. The van der Waals surface area contributed by atoms with Crippen LogP contribution in [0.15, 0.2) is 41.1 Å². The molecule has 0 radical (unpaired) electrons. The maximum atomic E-state index is 12.6. The van der Waals surface area contributed by atoms with Crippen molar-refractivity contribution in [2.24, 2.45) is 11.7 Å². The second kappa shape index (κ2) is 6.84. The Morgan fingerprint density at radius 3 is 2.57 bits per heavy atom. The Balaban J connectivity index is 1.68. The first-order valence-corrected chi connectivity index (χ1v) is 8.69. The molecule has 1 aliphatic rings. The van der Waals surface area contributed by atoms with Crippen LogP contribution in [0.1, 0.15) is 30.1 Å². The Hall–Kier alpha value is -1.66. The van der Waals surface area contributed by atoms with Crippen LogP contribution >= 0.6 is 15.9 Å². The summed E-state index contributed by atoms with van der Waals surface area (Å²) in [4.78, 5) is 14.5. The molecule has 2 aromatic rings. The van der Waals surface area contributed by atoms with Crippen molar-refractivity contribution in [1.29, 1.82) is 0 Å². The quantitative estimate of drug-likeness (QED) is 0.895. The average Bonchev–Trinajstić information content (AvgIpc) is 3.05. The predicted molar refractivity (Wildman–Crippen MR) is 93.5 cm³/mol.